The first-order chi connectivity index (χ1) is 6.90. The molecule has 0 aromatic heterocycles. The van der Waals surface area contributed by atoms with E-state index >= 15 is 0 Å². The van der Waals surface area contributed by atoms with Crippen molar-refractivity contribution in [2.24, 2.45) is 0 Å². The molecule has 0 amide bonds. The first-order valence-electron chi connectivity index (χ1n) is 4.94. The number of benzene rings is 1. The summed E-state index contributed by atoms with van der Waals surface area (Å²) in [5, 5.41) is 3.33. The molecule has 1 aliphatic heterocycles. The molecule has 0 fully saturated rings. The Morgan fingerprint density at radius 3 is 2.57 bits per heavy atom. The van der Waals surface area contributed by atoms with Gasteiger partial charge in [-0.3, -0.25) is 0 Å². The van der Waals surface area contributed by atoms with Gasteiger partial charge in [-0.05, 0) is 42.5 Å². The van der Waals surface area contributed by atoms with E-state index in [1.54, 1.807) is 11.8 Å². The molecule has 1 aromatic carbocycles. The molecule has 0 saturated carbocycles. The van der Waals surface area contributed by atoms with Gasteiger partial charge in [0, 0.05) is 11.4 Å². The van der Waals surface area contributed by atoms with E-state index in [4.69, 9.17) is 0 Å². The topological polar surface area (TPSA) is 12.0 Å². The molecule has 74 valence electrons. The van der Waals surface area contributed by atoms with Crippen LogP contribution in [0.15, 0.2) is 35.2 Å². The minimum atomic E-state index is 1.01. The summed E-state index contributed by atoms with van der Waals surface area (Å²) in [6, 6.07) is 8.84. The average Bonchev–Trinajstić information content (AvgIpc) is 2.30. The third-order valence-electron chi connectivity index (χ3n) is 2.52. The van der Waals surface area contributed by atoms with Crippen LogP contribution in [0.3, 0.4) is 0 Å². The lowest BCUT2D eigenvalue weighted by Crippen LogP contribution is -2.19. The Kier molecular flexibility index (Phi) is 3.27. The monoisotopic (exact) mass is 205 g/mol. The van der Waals surface area contributed by atoms with Gasteiger partial charge in [-0.25, -0.2) is 0 Å². The number of rotatable bonds is 2. The molecule has 2 rings (SSSR count). The van der Waals surface area contributed by atoms with Crippen molar-refractivity contribution in [3.63, 3.8) is 0 Å². The molecule has 0 unspecified atom stereocenters. The van der Waals surface area contributed by atoms with Gasteiger partial charge in [0.15, 0.2) is 0 Å². The average molecular weight is 205 g/mol. The molecule has 1 aliphatic rings. The van der Waals surface area contributed by atoms with Gasteiger partial charge in [-0.2, -0.15) is 0 Å². The molecular formula is C12H15NS. The highest BCUT2D eigenvalue weighted by Crippen LogP contribution is 2.22. The van der Waals surface area contributed by atoms with Crippen molar-refractivity contribution in [1.82, 2.24) is 5.32 Å². The normalized spacial score (nSPS) is 16.5. The van der Waals surface area contributed by atoms with Gasteiger partial charge in [0.25, 0.3) is 0 Å². The van der Waals surface area contributed by atoms with Crippen LogP contribution in [-0.2, 0) is 0 Å². The highest BCUT2D eigenvalue weighted by molar-refractivity contribution is 7.98. The Hall–Kier alpha value is -0.730. The van der Waals surface area contributed by atoms with Crippen molar-refractivity contribution in [2.45, 2.75) is 11.3 Å². The van der Waals surface area contributed by atoms with E-state index in [2.05, 4.69) is 41.9 Å². The second kappa shape index (κ2) is 4.67. The Morgan fingerprint density at radius 2 is 2.00 bits per heavy atom. The Balaban J connectivity index is 2.19. The van der Waals surface area contributed by atoms with Gasteiger partial charge in [-0.1, -0.05) is 18.2 Å². The molecule has 14 heavy (non-hydrogen) atoms. The largest absolute Gasteiger partial charge is 0.313 e. The predicted octanol–water partition coefficient (Wildman–Crippen LogP) is 2.79. The Bertz CT molecular complexity index is 327. The molecule has 0 spiro atoms. The molecule has 0 aliphatic carbocycles. The van der Waals surface area contributed by atoms with Crippen LogP contribution in [0.5, 0.6) is 0 Å². The van der Waals surface area contributed by atoms with Gasteiger partial charge in [0.05, 0.1) is 0 Å². The maximum atomic E-state index is 3.33. The number of hydrogen-bond donors (Lipinski definition) is 1. The SMILES string of the molecule is CSc1ccc(C2=CCNCC2)cc1. The van der Waals surface area contributed by atoms with Crippen molar-refractivity contribution < 1.29 is 0 Å². The fourth-order valence-electron chi connectivity index (χ4n) is 1.69. The summed E-state index contributed by atoms with van der Waals surface area (Å²) in [6.07, 6.45) is 5.55. The summed E-state index contributed by atoms with van der Waals surface area (Å²) < 4.78 is 0. The van der Waals surface area contributed by atoms with E-state index in [0.29, 0.717) is 0 Å². The van der Waals surface area contributed by atoms with E-state index in [0.717, 1.165) is 19.5 Å². The van der Waals surface area contributed by atoms with Crippen LogP contribution in [0.4, 0.5) is 0 Å². The summed E-state index contributed by atoms with van der Waals surface area (Å²) in [6.45, 7) is 2.12. The second-order valence-electron chi connectivity index (χ2n) is 3.41. The van der Waals surface area contributed by atoms with Crippen molar-refractivity contribution >= 4 is 17.3 Å². The van der Waals surface area contributed by atoms with Crippen molar-refractivity contribution in [3.05, 3.63) is 35.9 Å². The summed E-state index contributed by atoms with van der Waals surface area (Å²) in [5.74, 6) is 0. The molecular weight excluding hydrogens is 190 g/mol. The summed E-state index contributed by atoms with van der Waals surface area (Å²) in [7, 11) is 0. The number of hydrogen-bond acceptors (Lipinski definition) is 2. The molecule has 2 heteroatoms. The zero-order valence-electron chi connectivity index (χ0n) is 8.42. The van der Waals surface area contributed by atoms with Gasteiger partial charge < -0.3 is 5.32 Å². The minimum absolute atomic E-state index is 1.01. The number of nitrogens with one attached hydrogen (secondary N) is 1. The fourth-order valence-corrected chi connectivity index (χ4v) is 2.10. The van der Waals surface area contributed by atoms with E-state index in [1.807, 2.05) is 0 Å². The maximum Gasteiger partial charge on any atom is 0.0140 e. The zero-order valence-corrected chi connectivity index (χ0v) is 9.23. The lowest BCUT2D eigenvalue weighted by atomic mass is 10.0. The van der Waals surface area contributed by atoms with Crippen molar-refractivity contribution in [1.29, 1.82) is 0 Å². The summed E-state index contributed by atoms with van der Waals surface area (Å²) >= 11 is 1.79. The van der Waals surface area contributed by atoms with E-state index in [-0.39, 0.29) is 0 Å². The molecule has 1 heterocycles. The van der Waals surface area contributed by atoms with Crippen LogP contribution < -0.4 is 5.32 Å². The Labute approximate surface area is 89.6 Å². The minimum Gasteiger partial charge on any atom is -0.313 e. The fraction of sp³-hybridized carbons (Fsp3) is 0.333. The molecule has 0 atom stereocenters. The third-order valence-corrected chi connectivity index (χ3v) is 3.27. The molecule has 1 aromatic rings. The summed E-state index contributed by atoms with van der Waals surface area (Å²) in [4.78, 5) is 1.34. The van der Waals surface area contributed by atoms with E-state index in [1.165, 1.54) is 16.0 Å². The lowest BCUT2D eigenvalue weighted by molar-refractivity contribution is 0.738. The standard InChI is InChI=1S/C12H15NS/c1-14-12-4-2-10(3-5-12)11-6-8-13-9-7-11/h2-6,13H,7-9H2,1H3. The van der Waals surface area contributed by atoms with E-state index < -0.39 is 0 Å². The van der Waals surface area contributed by atoms with Crippen LogP contribution in [-0.4, -0.2) is 19.3 Å². The number of thioether (sulfide) groups is 1. The van der Waals surface area contributed by atoms with Gasteiger partial charge in [0.1, 0.15) is 0 Å². The molecule has 1 N–H and O–H groups in total. The Morgan fingerprint density at radius 1 is 1.21 bits per heavy atom. The van der Waals surface area contributed by atoms with Crippen LogP contribution in [0.25, 0.3) is 5.57 Å². The lowest BCUT2D eigenvalue weighted by Gasteiger charge is -2.14. The van der Waals surface area contributed by atoms with Crippen LogP contribution in [0.2, 0.25) is 0 Å². The molecule has 1 nitrogen and oxygen atoms in total. The first kappa shape index (κ1) is 9.81. The molecule has 0 radical (unpaired) electrons. The van der Waals surface area contributed by atoms with Crippen LogP contribution in [0, 0.1) is 0 Å². The summed E-state index contributed by atoms with van der Waals surface area (Å²) in [5.41, 5.74) is 2.86. The van der Waals surface area contributed by atoms with Crippen LogP contribution >= 0.6 is 11.8 Å². The van der Waals surface area contributed by atoms with Gasteiger partial charge >= 0.3 is 0 Å². The zero-order chi connectivity index (χ0) is 9.80. The predicted molar refractivity (Wildman–Crippen MR) is 63.7 cm³/mol. The highest BCUT2D eigenvalue weighted by atomic mass is 32.2. The van der Waals surface area contributed by atoms with Crippen LogP contribution in [0.1, 0.15) is 12.0 Å². The van der Waals surface area contributed by atoms with Gasteiger partial charge in [-0.15, -0.1) is 11.8 Å². The third kappa shape index (κ3) is 2.20. The van der Waals surface area contributed by atoms with Crippen molar-refractivity contribution in [2.75, 3.05) is 19.3 Å². The smallest absolute Gasteiger partial charge is 0.0140 e. The quantitative estimate of drug-likeness (QED) is 0.745. The van der Waals surface area contributed by atoms with E-state index in [9.17, 15) is 0 Å². The molecule has 0 saturated heterocycles. The van der Waals surface area contributed by atoms with Crippen molar-refractivity contribution in [3.8, 4) is 0 Å². The first-order valence-corrected chi connectivity index (χ1v) is 6.17. The van der Waals surface area contributed by atoms with Gasteiger partial charge in [0.2, 0.25) is 0 Å². The highest BCUT2D eigenvalue weighted by Gasteiger charge is 2.04. The molecule has 0 bridgehead atoms. The maximum absolute atomic E-state index is 3.33. The second-order valence-corrected chi connectivity index (χ2v) is 4.29.